The summed E-state index contributed by atoms with van der Waals surface area (Å²) in [7, 11) is 0. The van der Waals surface area contributed by atoms with Crippen LogP contribution in [0.25, 0.3) is 22.0 Å². The molecule has 0 N–H and O–H groups in total. The zero-order valence-electron chi connectivity index (χ0n) is 14.8. The zero-order chi connectivity index (χ0) is 18.4. The topological polar surface area (TPSA) is 59.2 Å². The Morgan fingerprint density at radius 1 is 1.19 bits per heavy atom. The van der Waals surface area contributed by atoms with Gasteiger partial charge in [-0.05, 0) is 17.7 Å². The number of nitrogens with zero attached hydrogens (tertiary/aromatic N) is 3. The molecule has 5 rings (SSSR count). The lowest BCUT2D eigenvalue weighted by molar-refractivity contribution is 0.0733. The van der Waals surface area contributed by atoms with Crippen LogP contribution in [0.4, 0.5) is 0 Å². The first kappa shape index (κ1) is 16.2. The molecule has 0 atom stereocenters. The maximum atomic E-state index is 12.9. The van der Waals surface area contributed by atoms with E-state index in [-0.39, 0.29) is 5.91 Å². The van der Waals surface area contributed by atoms with Crippen molar-refractivity contribution in [3.63, 3.8) is 0 Å². The lowest BCUT2D eigenvalue weighted by Crippen LogP contribution is -2.35. The molecule has 3 heterocycles. The highest BCUT2D eigenvalue weighted by Gasteiger charge is 2.29. The van der Waals surface area contributed by atoms with Crippen LogP contribution >= 0.6 is 11.3 Å². The SMILES string of the molecule is Cc1ncsc1C(=O)N1CCc2onc(-c3cccc4ccccc34)c2C1. The van der Waals surface area contributed by atoms with Crippen molar-refractivity contribution < 1.29 is 9.32 Å². The minimum Gasteiger partial charge on any atom is -0.360 e. The Morgan fingerprint density at radius 2 is 2.04 bits per heavy atom. The lowest BCUT2D eigenvalue weighted by atomic mass is 9.97. The number of hydrogen-bond donors (Lipinski definition) is 0. The summed E-state index contributed by atoms with van der Waals surface area (Å²) in [4.78, 5) is 19.7. The van der Waals surface area contributed by atoms with E-state index in [4.69, 9.17) is 4.52 Å². The molecule has 4 aromatic rings. The highest BCUT2D eigenvalue weighted by molar-refractivity contribution is 7.11. The molecule has 5 nitrogen and oxygen atoms in total. The van der Waals surface area contributed by atoms with E-state index >= 15 is 0 Å². The van der Waals surface area contributed by atoms with Crippen molar-refractivity contribution in [2.45, 2.75) is 19.9 Å². The Bertz CT molecular complexity index is 1160. The third kappa shape index (κ3) is 2.64. The van der Waals surface area contributed by atoms with Gasteiger partial charge in [0.05, 0.1) is 17.7 Å². The first-order valence-corrected chi connectivity index (χ1v) is 9.75. The molecular formula is C21H17N3O2S. The van der Waals surface area contributed by atoms with Crippen LogP contribution in [0.3, 0.4) is 0 Å². The number of aromatic nitrogens is 2. The predicted octanol–water partition coefficient (Wildman–Crippen LogP) is 4.46. The molecule has 0 fully saturated rings. The molecule has 0 saturated carbocycles. The molecule has 1 aliphatic rings. The van der Waals surface area contributed by atoms with Crippen LogP contribution in [-0.2, 0) is 13.0 Å². The summed E-state index contributed by atoms with van der Waals surface area (Å²) in [6.45, 7) is 3.01. The van der Waals surface area contributed by atoms with Gasteiger partial charge in [0, 0.05) is 24.1 Å². The molecule has 134 valence electrons. The molecule has 2 aromatic carbocycles. The van der Waals surface area contributed by atoms with Gasteiger partial charge in [0.2, 0.25) is 0 Å². The Balaban J connectivity index is 1.55. The first-order chi connectivity index (χ1) is 13.2. The fourth-order valence-electron chi connectivity index (χ4n) is 3.68. The van der Waals surface area contributed by atoms with Crippen molar-refractivity contribution in [2.24, 2.45) is 0 Å². The van der Waals surface area contributed by atoms with Gasteiger partial charge in [0.15, 0.2) is 0 Å². The summed E-state index contributed by atoms with van der Waals surface area (Å²) in [5, 5.41) is 6.67. The van der Waals surface area contributed by atoms with Gasteiger partial charge >= 0.3 is 0 Å². The number of aryl methyl sites for hydroxylation is 1. The van der Waals surface area contributed by atoms with E-state index in [1.165, 1.54) is 11.3 Å². The molecule has 0 unspecified atom stereocenters. The van der Waals surface area contributed by atoms with Gasteiger partial charge in [-0.2, -0.15) is 0 Å². The fourth-order valence-corrected chi connectivity index (χ4v) is 4.45. The number of hydrogen-bond acceptors (Lipinski definition) is 5. The molecule has 2 aromatic heterocycles. The third-order valence-corrected chi connectivity index (χ3v) is 6.02. The molecule has 0 saturated heterocycles. The molecule has 0 spiro atoms. The maximum Gasteiger partial charge on any atom is 0.266 e. The monoisotopic (exact) mass is 375 g/mol. The van der Waals surface area contributed by atoms with E-state index in [0.717, 1.165) is 39.0 Å². The van der Waals surface area contributed by atoms with E-state index in [1.807, 2.05) is 30.0 Å². The minimum absolute atomic E-state index is 0.0331. The number of fused-ring (bicyclic) bond motifs is 2. The quantitative estimate of drug-likeness (QED) is 0.519. The van der Waals surface area contributed by atoms with Crippen molar-refractivity contribution in [3.8, 4) is 11.3 Å². The normalized spacial score (nSPS) is 13.7. The Labute approximate surface area is 160 Å². The van der Waals surface area contributed by atoms with E-state index < -0.39 is 0 Å². The van der Waals surface area contributed by atoms with Crippen LogP contribution in [0, 0.1) is 6.92 Å². The number of amides is 1. The summed E-state index contributed by atoms with van der Waals surface area (Å²) in [6, 6.07) is 14.4. The van der Waals surface area contributed by atoms with Gasteiger partial charge in [0.25, 0.3) is 5.91 Å². The zero-order valence-corrected chi connectivity index (χ0v) is 15.6. The molecule has 27 heavy (non-hydrogen) atoms. The average molecular weight is 375 g/mol. The summed E-state index contributed by atoms with van der Waals surface area (Å²) in [6.07, 6.45) is 0.677. The number of carbonyl (C=O) groups excluding carboxylic acids is 1. The van der Waals surface area contributed by atoms with Crippen molar-refractivity contribution in [3.05, 3.63) is 69.9 Å². The number of benzene rings is 2. The van der Waals surface area contributed by atoms with E-state index in [0.29, 0.717) is 24.4 Å². The van der Waals surface area contributed by atoms with Crippen LogP contribution in [0.15, 0.2) is 52.5 Å². The second kappa shape index (κ2) is 6.32. The van der Waals surface area contributed by atoms with Crippen molar-refractivity contribution in [2.75, 3.05) is 6.54 Å². The molecule has 0 bridgehead atoms. The Hall–Kier alpha value is -2.99. The summed E-state index contributed by atoms with van der Waals surface area (Å²) >= 11 is 1.40. The van der Waals surface area contributed by atoms with Crippen molar-refractivity contribution in [1.82, 2.24) is 15.0 Å². The number of carbonyl (C=O) groups is 1. The van der Waals surface area contributed by atoms with Gasteiger partial charge in [0.1, 0.15) is 16.3 Å². The van der Waals surface area contributed by atoms with Gasteiger partial charge in [-0.25, -0.2) is 4.98 Å². The second-order valence-electron chi connectivity index (χ2n) is 6.70. The smallest absolute Gasteiger partial charge is 0.266 e. The van der Waals surface area contributed by atoms with Crippen LogP contribution in [0.1, 0.15) is 26.7 Å². The highest BCUT2D eigenvalue weighted by Crippen LogP contribution is 2.34. The Morgan fingerprint density at radius 3 is 2.89 bits per heavy atom. The van der Waals surface area contributed by atoms with Gasteiger partial charge in [-0.15, -0.1) is 11.3 Å². The minimum atomic E-state index is 0.0331. The van der Waals surface area contributed by atoms with E-state index in [9.17, 15) is 4.79 Å². The largest absolute Gasteiger partial charge is 0.360 e. The second-order valence-corrected chi connectivity index (χ2v) is 7.56. The summed E-state index contributed by atoms with van der Waals surface area (Å²) < 4.78 is 5.64. The highest BCUT2D eigenvalue weighted by atomic mass is 32.1. The van der Waals surface area contributed by atoms with Crippen molar-refractivity contribution in [1.29, 1.82) is 0 Å². The molecule has 1 aliphatic heterocycles. The van der Waals surface area contributed by atoms with Gasteiger partial charge < -0.3 is 9.42 Å². The third-order valence-electron chi connectivity index (χ3n) is 5.10. The summed E-state index contributed by atoms with van der Waals surface area (Å²) in [5.74, 6) is 0.911. The van der Waals surface area contributed by atoms with Crippen LogP contribution in [-0.4, -0.2) is 27.5 Å². The standard InChI is InChI=1S/C21H17N3O2S/c1-13-20(27-12-22-13)21(25)24-10-9-18-17(11-24)19(23-26-18)16-8-4-6-14-5-2-3-7-15(14)16/h2-8,12H,9-11H2,1H3. The molecule has 6 heteroatoms. The van der Waals surface area contributed by atoms with E-state index in [2.05, 4.69) is 34.4 Å². The van der Waals surface area contributed by atoms with Crippen LogP contribution < -0.4 is 0 Å². The molecule has 0 radical (unpaired) electrons. The van der Waals surface area contributed by atoms with Crippen LogP contribution in [0.2, 0.25) is 0 Å². The Kier molecular flexibility index (Phi) is 3.79. The van der Waals surface area contributed by atoms with Crippen LogP contribution in [0.5, 0.6) is 0 Å². The average Bonchev–Trinajstić information content (AvgIpc) is 3.32. The summed E-state index contributed by atoms with van der Waals surface area (Å²) in [5.41, 5.74) is 5.39. The van der Waals surface area contributed by atoms with Gasteiger partial charge in [-0.1, -0.05) is 47.6 Å². The maximum absolute atomic E-state index is 12.9. The van der Waals surface area contributed by atoms with E-state index in [1.54, 1.807) is 5.51 Å². The molecule has 1 amide bonds. The molecular weight excluding hydrogens is 358 g/mol. The van der Waals surface area contributed by atoms with Gasteiger partial charge in [-0.3, -0.25) is 4.79 Å². The fraction of sp³-hybridized carbons (Fsp3) is 0.190. The number of rotatable bonds is 2. The lowest BCUT2D eigenvalue weighted by Gasteiger charge is -2.26. The first-order valence-electron chi connectivity index (χ1n) is 8.87. The number of thiazole rings is 1. The molecule has 0 aliphatic carbocycles. The van der Waals surface area contributed by atoms with Crippen molar-refractivity contribution >= 4 is 28.0 Å². The predicted molar refractivity (Wildman–Crippen MR) is 105 cm³/mol.